The van der Waals surface area contributed by atoms with Crippen molar-refractivity contribution in [3.8, 4) is 5.75 Å². The Kier molecular flexibility index (Phi) is 9.87. The van der Waals surface area contributed by atoms with Crippen LogP contribution in [0.4, 0.5) is 0 Å². The van der Waals surface area contributed by atoms with Crippen LogP contribution in [0.15, 0.2) is 42.5 Å². The Morgan fingerprint density at radius 2 is 1.86 bits per heavy atom. The summed E-state index contributed by atoms with van der Waals surface area (Å²) in [5.74, 6) is 0.611. The number of hydrogen-bond donors (Lipinski definition) is 4. The highest BCUT2D eigenvalue weighted by molar-refractivity contribution is 7.57. The van der Waals surface area contributed by atoms with Crippen molar-refractivity contribution >= 4 is 7.37 Å². The summed E-state index contributed by atoms with van der Waals surface area (Å²) in [5.41, 5.74) is 0. The normalized spacial score (nSPS) is 27.8. The Balaban J connectivity index is 1.74. The molecule has 1 aromatic carbocycles. The molecular formula is C22H35O6P. The van der Waals surface area contributed by atoms with Gasteiger partial charge in [-0.3, -0.25) is 4.57 Å². The summed E-state index contributed by atoms with van der Waals surface area (Å²) in [5, 5.41) is 30.9. The van der Waals surface area contributed by atoms with Crippen molar-refractivity contribution in [2.24, 2.45) is 11.8 Å². The van der Waals surface area contributed by atoms with E-state index in [2.05, 4.69) is 0 Å². The molecule has 7 heteroatoms. The first-order valence-corrected chi connectivity index (χ1v) is 12.7. The monoisotopic (exact) mass is 426 g/mol. The standard InChI is InChI=1S/C22H35O6P/c1-29(26,27)14-8-3-2-7-11-19-20(22(25)15-21(19)24)13-12-17(23)16-28-18-9-5-4-6-10-18/h2,4-7,9-10,17,19-25H,3,8,11-16H2,1H3,(H,26,27)/b7-2-/t17?,19-,20?,21+,22-/m1/s1. The van der Waals surface area contributed by atoms with Crippen LogP contribution in [-0.4, -0.2) is 58.0 Å². The molecule has 6 atom stereocenters. The maximum atomic E-state index is 11.3. The fourth-order valence-corrected chi connectivity index (χ4v) is 4.73. The van der Waals surface area contributed by atoms with Crippen LogP contribution in [0.25, 0.3) is 0 Å². The van der Waals surface area contributed by atoms with Gasteiger partial charge < -0.3 is 24.9 Å². The summed E-state index contributed by atoms with van der Waals surface area (Å²) in [6.45, 7) is 1.57. The highest BCUT2D eigenvalue weighted by atomic mass is 31.2. The van der Waals surface area contributed by atoms with Crippen molar-refractivity contribution in [1.29, 1.82) is 0 Å². The van der Waals surface area contributed by atoms with E-state index >= 15 is 0 Å². The van der Waals surface area contributed by atoms with E-state index in [1.165, 1.54) is 6.66 Å². The topological polar surface area (TPSA) is 107 Å². The van der Waals surface area contributed by atoms with Gasteiger partial charge in [-0.1, -0.05) is 30.4 Å². The summed E-state index contributed by atoms with van der Waals surface area (Å²) >= 11 is 0. The van der Waals surface area contributed by atoms with Gasteiger partial charge in [-0.2, -0.15) is 0 Å². The van der Waals surface area contributed by atoms with Crippen molar-refractivity contribution in [3.63, 3.8) is 0 Å². The summed E-state index contributed by atoms with van der Waals surface area (Å²) in [7, 11) is -2.95. The summed E-state index contributed by atoms with van der Waals surface area (Å²) < 4.78 is 16.8. The number of rotatable bonds is 12. The minimum atomic E-state index is -2.95. The first-order valence-electron chi connectivity index (χ1n) is 10.4. The van der Waals surface area contributed by atoms with Gasteiger partial charge in [-0.15, -0.1) is 0 Å². The molecule has 164 valence electrons. The van der Waals surface area contributed by atoms with E-state index in [0.717, 1.165) is 6.42 Å². The van der Waals surface area contributed by atoms with E-state index in [-0.39, 0.29) is 18.4 Å². The molecule has 1 aliphatic rings. The van der Waals surface area contributed by atoms with Gasteiger partial charge in [0.05, 0.1) is 18.3 Å². The summed E-state index contributed by atoms with van der Waals surface area (Å²) in [4.78, 5) is 9.29. The lowest BCUT2D eigenvalue weighted by Gasteiger charge is -2.23. The molecule has 1 fully saturated rings. The van der Waals surface area contributed by atoms with Crippen LogP contribution in [-0.2, 0) is 4.57 Å². The van der Waals surface area contributed by atoms with Crippen LogP contribution in [0, 0.1) is 11.8 Å². The lowest BCUT2D eigenvalue weighted by molar-refractivity contribution is 0.0670. The van der Waals surface area contributed by atoms with Gasteiger partial charge in [0.15, 0.2) is 7.37 Å². The molecule has 0 spiro atoms. The second-order valence-electron chi connectivity index (χ2n) is 8.18. The smallest absolute Gasteiger partial charge is 0.197 e. The maximum absolute atomic E-state index is 11.3. The number of allylic oxidation sites excluding steroid dienone is 2. The largest absolute Gasteiger partial charge is 0.491 e. The quantitative estimate of drug-likeness (QED) is 0.232. The van der Waals surface area contributed by atoms with E-state index in [0.29, 0.717) is 44.0 Å². The zero-order valence-corrected chi connectivity index (χ0v) is 18.0. The minimum absolute atomic E-state index is 0.0430. The van der Waals surface area contributed by atoms with Gasteiger partial charge in [0.25, 0.3) is 0 Å². The Hall–Kier alpha value is -1.17. The third-order valence-electron chi connectivity index (χ3n) is 5.56. The third-order valence-corrected chi connectivity index (χ3v) is 6.70. The van der Waals surface area contributed by atoms with Crippen LogP contribution in [0.5, 0.6) is 5.75 Å². The van der Waals surface area contributed by atoms with Gasteiger partial charge in [0.2, 0.25) is 0 Å². The summed E-state index contributed by atoms with van der Waals surface area (Å²) in [6, 6.07) is 9.33. The van der Waals surface area contributed by atoms with E-state index in [9.17, 15) is 24.8 Å². The Bertz CT molecular complexity index is 659. The number of hydrogen-bond acceptors (Lipinski definition) is 5. The first-order chi connectivity index (χ1) is 13.8. The van der Waals surface area contributed by atoms with Gasteiger partial charge in [0.1, 0.15) is 12.4 Å². The fourth-order valence-electron chi connectivity index (χ4n) is 3.96. The minimum Gasteiger partial charge on any atom is -0.491 e. The second kappa shape index (κ2) is 11.9. The zero-order valence-electron chi connectivity index (χ0n) is 17.1. The highest BCUT2D eigenvalue weighted by Gasteiger charge is 2.40. The molecular weight excluding hydrogens is 391 g/mol. The van der Waals surface area contributed by atoms with Crippen molar-refractivity contribution in [2.45, 2.75) is 56.8 Å². The van der Waals surface area contributed by atoms with E-state index in [1.54, 1.807) is 0 Å². The summed E-state index contributed by atoms with van der Waals surface area (Å²) in [6.07, 6.45) is 6.08. The molecule has 2 rings (SSSR count). The molecule has 0 heterocycles. The Morgan fingerprint density at radius 3 is 2.55 bits per heavy atom. The number of aliphatic hydroxyl groups excluding tert-OH is 3. The number of ether oxygens (including phenoxy) is 1. The van der Waals surface area contributed by atoms with E-state index < -0.39 is 25.7 Å². The molecule has 0 bridgehead atoms. The SMILES string of the molecule is CP(=O)(O)CCC/C=C\C[C@@H]1C(CCC(O)COc2ccccc2)[C@H](O)C[C@@H]1O. The van der Waals surface area contributed by atoms with Crippen molar-refractivity contribution in [1.82, 2.24) is 0 Å². The second-order valence-corrected chi connectivity index (χ2v) is 10.7. The zero-order chi connectivity index (χ0) is 21.3. The number of unbranched alkanes of at least 4 members (excludes halogenated alkanes) is 1. The van der Waals surface area contributed by atoms with Crippen LogP contribution >= 0.6 is 7.37 Å². The number of benzene rings is 1. The molecule has 0 aromatic heterocycles. The molecule has 3 unspecified atom stereocenters. The first kappa shape index (κ1) is 24.1. The molecule has 4 N–H and O–H groups in total. The molecule has 1 aliphatic carbocycles. The molecule has 0 radical (unpaired) electrons. The van der Waals surface area contributed by atoms with Crippen molar-refractivity contribution in [3.05, 3.63) is 42.5 Å². The number of aliphatic hydroxyl groups is 3. The predicted molar refractivity (Wildman–Crippen MR) is 114 cm³/mol. The molecule has 0 amide bonds. The molecule has 0 aliphatic heterocycles. The van der Waals surface area contributed by atoms with Gasteiger partial charge in [0, 0.05) is 12.8 Å². The lowest BCUT2D eigenvalue weighted by atomic mass is 9.86. The third kappa shape index (κ3) is 9.02. The van der Waals surface area contributed by atoms with Gasteiger partial charge >= 0.3 is 0 Å². The number of para-hydroxylation sites is 1. The highest BCUT2D eigenvalue weighted by Crippen LogP contribution is 2.39. The average Bonchev–Trinajstić information content (AvgIpc) is 2.93. The fraction of sp³-hybridized carbons (Fsp3) is 0.636. The van der Waals surface area contributed by atoms with Gasteiger partial charge in [-0.25, -0.2) is 0 Å². The Labute approximate surface area is 173 Å². The van der Waals surface area contributed by atoms with Crippen molar-refractivity contribution < 1.29 is 29.5 Å². The van der Waals surface area contributed by atoms with E-state index in [4.69, 9.17) is 4.74 Å². The molecule has 29 heavy (non-hydrogen) atoms. The van der Waals surface area contributed by atoms with Crippen LogP contribution in [0.1, 0.15) is 38.5 Å². The molecule has 1 aromatic rings. The van der Waals surface area contributed by atoms with Gasteiger partial charge in [-0.05, 0) is 62.5 Å². The average molecular weight is 426 g/mol. The van der Waals surface area contributed by atoms with Crippen LogP contribution in [0.3, 0.4) is 0 Å². The maximum Gasteiger partial charge on any atom is 0.197 e. The van der Waals surface area contributed by atoms with Crippen LogP contribution < -0.4 is 4.74 Å². The van der Waals surface area contributed by atoms with E-state index in [1.807, 2.05) is 42.5 Å². The predicted octanol–water partition coefficient (Wildman–Crippen LogP) is 3.19. The molecule has 0 saturated heterocycles. The Morgan fingerprint density at radius 1 is 1.17 bits per heavy atom. The lowest BCUT2D eigenvalue weighted by Crippen LogP contribution is -2.25. The molecule has 1 saturated carbocycles. The molecule has 6 nitrogen and oxygen atoms in total. The van der Waals surface area contributed by atoms with Crippen LogP contribution in [0.2, 0.25) is 0 Å². The van der Waals surface area contributed by atoms with Crippen molar-refractivity contribution in [2.75, 3.05) is 19.4 Å².